The van der Waals surface area contributed by atoms with Crippen molar-refractivity contribution in [2.45, 2.75) is 26.4 Å². The van der Waals surface area contributed by atoms with Gasteiger partial charge in [-0.3, -0.25) is 4.79 Å². The zero-order valence-electron chi connectivity index (χ0n) is 13.3. The fourth-order valence-corrected chi connectivity index (χ4v) is 2.38. The molecule has 0 fully saturated rings. The summed E-state index contributed by atoms with van der Waals surface area (Å²) in [6, 6.07) is 12.1. The Morgan fingerprint density at radius 1 is 1.12 bits per heavy atom. The number of rotatable bonds is 5. The number of hydrogen-bond acceptors (Lipinski definition) is 3. The molecule has 0 unspecified atom stereocenters. The Bertz CT molecular complexity index is 744. The van der Waals surface area contributed by atoms with Crippen LogP contribution in [-0.2, 0) is 16.0 Å². The molecule has 0 heterocycles. The fourth-order valence-electron chi connectivity index (χ4n) is 2.01. The normalized spacial score (nSPS) is 11.7. The lowest BCUT2D eigenvalue weighted by Crippen LogP contribution is -2.30. The van der Waals surface area contributed by atoms with E-state index in [1.165, 1.54) is 18.6 Å². The highest BCUT2D eigenvalue weighted by Gasteiger charge is 2.21. The average Bonchev–Trinajstić information content (AvgIpc) is 2.57. The van der Waals surface area contributed by atoms with Crippen molar-refractivity contribution < 1.29 is 14.3 Å². The third-order valence-electron chi connectivity index (χ3n) is 3.45. The molecule has 0 bridgehead atoms. The maximum atomic E-state index is 12.1. The van der Waals surface area contributed by atoms with Gasteiger partial charge in [0.25, 0.3) is 5.91 Å². The number of ether oxygens (including phenoxy) is 1. The molecule has 24 heavy (non-hydrogen) atoms. The van der Waals surface area contributed by atoms with Crippen molar-refractivity contribution in [2.24, 2.45) is 0 Å². The summed E-state index contributed by atoms with van der Waals surface area (Å²) >= 11 is 11.8. The van der Waals surface area contributed by atoms with Crippen LogP contribution in [0, 0.1) is 0 Å². The highest BCUT2D eigenvalue weighted by Crippen LogP contribution is 2.26. The SMILES string of the molecule is CCc1ccc(NC(=O)[C@H](C)OC(=O)c2cccc(Cl)c2Cl)cc1. The predicted molar refractivity (Wildman–Crippen MR) is 95.8 cm³/mol. The molecule has 0 saturated heterocycles. The van der Waals surface area contributed by atoms with Gasteiger partial charge in [0, 0.05) is 5.69 Å². The quantitative estimate of drug-likeness (QED) is 0.778. The summed E-state index contributed by atoms with van der Waals surface area (Å²) in [6.07, 6.45) is -0.0544. The van der Waals surface area contributed by atoms with Crippen molar-refractivity contribution in [1.29, 1.82) is 0 Å². The zero-order valence-corrected chi connectivity index (χ0v) is 14.8. The summed E-state index contributed by atoms with van der Waals surface area (Å²) < 4.78 is 5.16. The van der Waals surface area contributed by atoms with Gasteiger partial charge in [-0.2, -0.15) is 0 Å². The van der Waals surface area contributed by atoms with Crippen LogP contribution in [0.15, 0.2) is 42.5 Å². The van der Waals surface area contributed by atoms with Crippen LogP contribution in [0.4, 0.5) is 5.69 Å². The van der Waals surface area contributed by atoms with Crippen LogP contribution < -0.4 is 5.32 Å². The molecule has 1 amide bonds. The standard InChI is InChI=1S/C18H17Cl2NO3/c1-3-12-7-9-13(10-8-12)21-17(22)11(2)24-18(23)14-5-4-6-15(19)16(14)20/h4-11H,3H2,1-2H3,(H,21,22)/t11-/m0/s1. The number of aryl methyl sites for hydroxylation is 1. The number of hydrogen-bond donors (Lipinski definition) is 1. The molecule has 0 saturated carbocycles. The van der Waals surface area contributed by atoms with E-state index in [9.17, 15) is 9.59 Å². The van der Waals surface area contributed by atoms with Gasteiger partial charge in [0.1, 0.15) is 0 Å². The molecule has 2 aromatic carbocycles. The van der Waals surface area contributed by atoms with Crippen LogP contribution in [0.2, 0.25) is 10.0 Å². The number of halogens is 2. The Morgan fingerprint density at radius 3 is 2.42 bits per heavy atom. The smallest absolute Gasteiger partial charge is 0.340 e. The molecule has 0 aromatic heterocycles. The van der Waals surface area contributed by atoms with Crippen LogP contribution in [0.5, 0.6) is 0 Å². The topological polar surface area (TPSA) is 55.4 Å². The van der Waals surface area contributed by atoms with Crippen molar-refractivity contribution in [3.05, 3.63) is 63.6 Å². The van der Waals surface area contributed by atoms with Crippen molar-refractivity contribution in [3.63, 3.8) is 0 Å². The van der Waals surface area contributed by atoms with E-state index in [4.69, 9.17) is 27.9 Å². The third-order valence-corrected chi connectivity index (χ3v) is 4.27. The molecule has 0 spiro atoms. The molecule has 0 radical (unpaired) electrons. The highest BCUT2D eigenvalue weighted by atomic mass is 35.5. The lowest BCUT2D eigenvalue weighted by atomic mass is 10.1. The van der Waals surface area contributed by atoms with E-state index in [0.717, 1.165) is 6.42 Å². The Kier molecular flexibility index (Phi) is 6.23. The summed E-state index contributed by atoms with van der Waals surface area (Å²) in [7, 11) is 0. The van der Waals surface area contributed by atoms with E-state index in [1.54, 1.807) is 24.3 Å². The van der Waals surface area contributed by atoms with E-state index in [-0.39, 0.29) is 15.6 Å². The summed E-state index contributed by atoms with van der Waals surface area (Å²) in [6.45, 7) is 3.54. The van der Waals surface area contributed by atoms with Gasteiger partial charge in [-0.25, -0.2) is 4.79 Å². The van der Waals surface area contributed by atoms with Gasteiger partial charge in [0.2, 0.25) is 0 Å². The number of nitrogens with one attached hydrogen (secondary N) is 1. The van der Waals surface area contributed by atoms with E-state index < -0.39 is 18.0 Å². The number of anilines is 1. The third kappa shape index (κ3) is 4.49. The van der Waals surface area contributed by atoms with Crippen LogP contribution in [0.25, 0.3) is 0 Å². The van der Waals surface area contributed by atoms with E-state index in [0.29, 0.717) is 5.69 Å². The first-order valence-corrected chi connectivity index (χ1v) is 8.22. The molecule has 2 rings (SSSR count). The average molecular weight is 366 g/mol. The molecule has 0 aliphatic carbocycles. The van der Waals surface area contributed by atoms with Crippen molar-refractivity contribution in [1.82, 2.24) is 0 Å². The first-order valence-electron chi connectivity index (χ1n) is 7.47. The molecule has 6 heteroatoms. The number of benzene rings is 2. The maximum Gasteiger partial charge on any atom is 0.340 e. The molecular formula is C18H17Cl2NO3. The number of esters is 1. The molecule has 126 valence electrons. The van der Waals surface area contributed by atoms with Crippen molar-refractivity contribution >= 4 is 40.8 Å². The first kappa shape index (κ1) is 18.3. The summed E-state index contributed by atoms with van der Waals surface area (Å²) in [4.78, 5) is 24.3. The van der Waals surface area contributed by atoms with Gasteiger partial charge < -0.3 is 10.1 Å². The number of amides is 1. The highest BCUT2D eigenvalue weighted by molar-refractivity contribution is 6.43. The Balaban J connectivity index is 2.00. The van der Waals surface area contributed by atoms with E-state index in [2.05, 4.69) is 12.2 Å². The summed E-state index contributed by atoms with van der Waals surface area (Å²) in [5, 5.41) is 3.05. The Hall–Kier alpha value is -2.04. The zero-order chi connectivity index (χ0) is 17.7. The monoisotopic (exact) mass is 365 g/mol. The van der Waals surface area contributed by atoms with Gasteiger partial charge in [-0.05, 0) is 43.2 Å². The molecule has 1 atom stereocenters. The minimum absolute atomic E-state index is 0.104. The fraction of sp³-hybridized carbons (Fsp3) is 0.222. The number of carbonyl (C=O) groups is 2. The van der Waals surface area contributed by atoms with Gasteiger partial charge in [0.15, 0.2) is 6.10 Å². The lowest BCUT2D eigenvalue weighted by Gasteiger charge is -2.14. The molecule has 4 nitrogen and oxygen atoms in total. The Labute approximate surface area is 150 Å². The van der Waals surface area contributed by atoms with Gasteiger partial charge in [0.05, 0.1) is 15.6 Å². The molecular weight excluding hydrogens is 349 g/mol. The van der Waals surface area contributed by atoms with Gasteiger partial charge in [-0.1, -0.05) is 48.3 Å². The second-order valence-electron chi connectivity index (χ2n) is 5.19. The minimum Gasteiger partial charge on any atom is -0.449 e. The first-order chi connectivity index (χ1) is 11.4. The van der Waals surface area contributed by atoms with Gasteiger partial charge in [-0.15, -0.1) is 0 Å². The van der Waals surface area contributed by atoms with Gasteiger partial charge >= 0.3 is 5.97 Å². The Morgan fingerprint density at radius 2 is 1.79 bits per heavy atom. The summed E-state index contributed by atoms with van der Waals surface area (Å²) in [5.41, 5.74) is 1.93. The maximum absolute atomic E-state index is 12.1. The van der Waals surface area contributed by atoms with Crippen LogP contribution in [0.1, 0.15) is 29.8 Å². The van der Waals surface area contributed by atoms with E-state index >= 15 is 0 Å². The van der Waals surface area contributed by atoms with Crippen molar-refractivity contribution in [2.75, 3.05) is 5.32 Å². The van der Waals surface area contributed by atoms with Crippen LogP contribution >= 0.6 is 23.2 Å². The predicted octanol–water partition coefficient (Wildman–Crippen LogP) is 4.74. The molecule has 2 aromatic rings. The molecule has 1 N–H and O–H groups in total. The van der Waals surface area contributed by atoms with E-state index in [1.807, 2.05) is 12.1 Å². The van der Waals surface area contributed by atoms with Crippen molar-refractivity contribution in [3.8, 4) is 0 Å². The summed E-state index contributed by atoms with van der Waals surface area (Å²) in [5.74, 6) is -1.13. The number of carbonyl (C=O) groups excluding carboxylic acids is 2. The largest absolute Gasteiger partial charge is 0.449 e. The lowest BCUT2D eigenvalue weighted by molar-refractivity contribution is -0.123. The second kappa shape index (κ2) is 8.18. The molecule has 0 aliphatic heterocycles. The second-order valence-corrected chi connectivity index (χ2v) is 5.97. The van der Waals surface area contributed by atoms with Crippen LogP contribution in [-0.4, -0.2) is 18.0 Å². The van der Waals surface area contributed by atoms with Crippen LogP contribution in [0.3, 0.4) is 0 Å². The minimum atomic E-state index is -0.974. The molecule has 0 aliphatic rings.